The van der Waals surface area contributed by atoms with Crippen molar-refractivity contribution in [1.29, 1.82) is 0 Å². The van der Waals surface area contributed by atoms with Gasteiger partial charge in [0.2, 0.25) is 0 Å². The van der Waals surface area contributed by atoms with Crippen molar-refractivity contribution in [2.45, 2.75) is 39.3 Å². The average molecular weight is 302 g/mol. The summed E-state index contributed by atoms with van der Waals surface area (Å²) in [6.45, 7) is 10.4. The summed E-state index contributed by atoms with van der Waals surface area (Å²) >= 11 is 3.53. The molecular weight excluding hydrogens is 284 g/mol. The van der Waals surface area contributed by atoms with Crippen LogP contribution in [0.2, 0.25) is 13.1 Å². The van der Waals surface area contributed by atoms with Crippen LogP contribution in [-0.2, 0) is 5.41 Å². The molecule has 0 fully saturated rings. The zero-order valence-electron chi connectivity index (χ0n) is 10.4. The Morgan fingerprint density at radius 1 is 1.25 bits per heavy atom. The number of aromatic hydroxyl groups is 1. The normalized spacial score (nSPS) is 11.9. The molecule has 0 atom stereocenters. The lowest BCUT2D eigenvalue weighted by Gasteiger charge is -2.26. The first-order valence-corrected chi connectivity index (χ1v) is 8.43. The minimum Gasteiger partial charge on any atom is -0.540 e. The van der Waals surface area contributed by atoms with Crippen molar-refractivity contribution in [3.63, 3.8) is 0 Å². The van der Waals surface area contributed by atoms with Crippen LogP contribution in [0.1, 0.15) is 26.3 Å². The lowest BCUT2D eigenvalue weighted by atomic mass is 9.86. The highest BCUT2D eigenvalue weighted by molar-refractivity contribution is 9.10. The highest BCUT2D eigenvalue weighted by Gasteiger charge is 2.25. The fraction of sp³-hybridized carbons (Fsp3) is 0.500. The molecule has 0 unspecified atom stereocenters. The summed E-state index contributed by atoms with van der Waals surface area (Å²) in [6.07, 6.45) is 0. The van der Waals surface area contributed by atoms with Crippen molar-refractivity contribution in [2.24, 2.45) is 0 Å². The van der Waals surface area contributed by atoms with Gasteiger partial charge in [0, 0.05) is 10.0 Å². The Labute approximate surface area is 107 Å². The van der Waals surface area contributed by atoms with E-state index in [1.54, 1.807) is 6.07 Å². The predicted octanol–water partition coefficient (Wildman–Crippen LogP) is 4.08. The van der Waals surface area contributed by atoms with E-state index in [0.717, 1.165) is 10.0 Å². The Kier molecular flexibility index (Phi) is 4.07. The topological polar surface area (TPSA) is 29.5 Å². The van der Waals surface area contributed by atoms with Crippen LogP contribution in [-0.4, -0.2) is 14.1 Å². The van der Waals surface area contributed by atoms with Gasteiger partial charge in [-0.25, -0.2) is 0 Å². The molecule has 0 spiro atoms. The molecule has 0 aromatic heterocycles. The van der Waals surface area contributed by atoms with E-state index in [2.05, 4.69) is 49.8 Å². The van der Waals surface area contributed by atoms with Crippen LogP contribution in [0.25, 0.3) is 0 Å². The molecule has 0 bridgehead atoms. The first kappa shape index (κ1) is 13.6. The monoisotopic (exact) mass is 301 g/mol. The Bertz CT molecular complexity index is 383. The maximum atomic E-state index is 9.90. The number of phenolic OH excluding ortho intramolecular Hbond substituents is 1. The lowest BCUT2D eigenvalue weighted by molar-refractivity contribution is 0.428. The molecule has 1 radical (unpaired) electrons. The van der Waals surface area contributed by atoms with Gasteiger partial charge in [-0.05, 0) is 30.6 Å². The highest BCUT2D eigenvalue weighted by Crippen LogP contribution is 2.42. The summed E-state index contributed by atoms with van der Waals surface area (Å²) in [5.41, 5.74) is 0.961. The van der Waals surface area contributed by atoms with Gasteiger partial charge in [0.25, 0.3) is 9.04 Å². The summed E-state index contributed by atoms with van der Waals surface area (Å²) in [5, 5.41) is 9.90. The smallest absolute Gasteiger partial charge is 0.274 e. The highest BCUT2D eigenvalue weighted by atomic mass is 79.9. The zero-order valence-corrected chi connectivity index (χ0v) is 13.0. The van der Waals surface area contributed by atoms with E-state index < -0.39 is 9.04 Å². The summed E-state index contributed by atoms with van der Waals surface area (Å²) in [4.78, 5) is 0. The number of hydrogen-bond acceptors (Lipinski definition) is 2. The third kappa shape index (κ3) is 3.01. The third-order valence-electron chi connectivity index (χ3n) is 2.14. The molecule has 2 nitrogen and oxygen atoms in total. The number of halogens is 1. The second kappa shape index (κ2) is 4.80. The Morgan fingerprint density at radius 2 is 1.81 bits per heavy atom. The maximum Gasteiger partial charge on any atom is 0.274 e. The SMILES string of the molecule is C[Si](C)Oc1c(O)ccc(Br)c1C(C)(C)C. The Hall–Kier alpha value is -0.483. The van der Waals surface area contributed by atoms with E-state index >= 15 is 0 Å². The fourth-order valence-electron chi connectivity index (χ4n) is 1.55. The van der Waals surface area contributed by atoms with Crippen LogP contribution in [0.15, 0.2) is 16.6 Å². The van der Waals surface area contributed by atoms with Gasteiger partial charge < -0.3 is 9.53 Å². The summed E-state index contributed by atoms with van der Waals surface area (Å²) < 4.78 is 6.79. The summed E-state index contributed by atoms with van der Waals surface area (Å²) in [5.74, 6) is 0.847. The second-order valence-electron chi connectivity index (χ2n) is 5.03. The van der Waals surface area contributed by atoms with E-state index in [9.17, 15) is 5.11 Å². The molecule has 1 aromatic carbocycles. The lowest BCUT2D eigenvalue weighted by Crippen LogP contribution is -2.19. The van der Waals surface area contributed by atoms with E-state index in [1.807, 2.05) is 6.07 Å². The van der Waals surface area contributed by atoms with Crippen LogP contribution in [0.3, 0.4) is 0 Å². The van der Waals surface area contributed by atoms with E-state index in [1.165, 1.54) is 0 Å². The summed E-state index contributed by atoms with van der Waals surface area (Å²) in [7, 11) is -0.888. The van der Waals surface area contributed by atoms with Crippen molar-refractivity contribution >= 4 is 25.0 Å². The van der Waals surface area contributed by atoms with E-state index in [0.29, 0.717) is 5.75 Å². The van der Waals surface area contributed by atoms with Crippen molar-refractivity contribution in [2.75, 3.05) is 0 Å². The quantitative estimate of drug-likeness (QED) is 0.834. The van der Waals surface area contributed by atoms with Gasteiger partial charge in [-0.15, -0.1) is 0 Å². The number of rotatable bonds is 2. The molecule has 0 amide bonds. The number of hydrogen-bond donors (Lipinski definition) is 1. The largest absolute Gasteiger partial charge is 0.540 e. The average Bonchev–Trinajstić information content (AvgIpc) is 2.08. The van der Waals surface area contributed by atoms with Crippen molar-refractivity contribution in [3.8, 4) is 11.5 Å². The molecule has 0 saturated heterocycles. The number of benzene rings is 1. The molecule has 0 saturated carbocycles. The van der Waals surface area contributed by atoms with Gasteiger partial charge >= 0.3 is 0 Å². The molecular formula is C12H18BrO2Si. The van der Waals surface area contributed by atoms with Crippen LogP contribution in [0.5, 0.6) is 11.5 Å². The van der Waals surface area contributed by atoms with Crippen LogP contribution < -0.4 is 4.43 Å². The van der Waals surface area contributed by atoms with Crippen molar-refractivity contribution < 1.29 is 9.53 Å². The summed E-state index contributed by atoms with van der Waals surface area (Å²) in [6, 6.07) is 3.53. The maximum absolute atomic E-state index is 9.90. The molecule has 89 valence electrons. The predicted molar refractivity (Wildman–Crippen MR) is 72.6 cm³/mol. The molecule has 4 heteroatoms. The van der Waals surface area contributed by atoms with Gasteiger partial charge in [-0.1, -0.05) is 36.7 Å². The van der Waals surface area contributed by atoms with E-state index in [-0.39, 0.29) is 11.2 Å². The fourth-order valence-corrected chi connectivity index (χ4v) is 3.08. The minimum atomic E-state index is -0.888. The minimum absolute atomic E-state index is 0.0653. The first-order valence-electron chi connectivity index (χ1n) is 5.23. The van der Waals surface area contributed by atoms with Gasteiger partial charge in [0.1, 0.15) is 0 Å². The first-order chi connectivity index (χ1) is 7.23. The molecule has 1 N–H and O–H groups in total. The number of phenols is 1. The van der Waals surface area contributed by atoms with Crippen LogP contribution in [0.4, 0.5) is 0 Å². The standard InChI is InChI=1S/C12H18BrO2Si/c1-12(2,3)10-8(13)6-7-9(14)11(10)15-16(4)5/h6-7,14H,1-5H3. The zero-order chi connectivity index (χ0) is 12.5. The Balaban J connectivity index is 3.37. The molecule has 1 rings (SSSR count). The molecule has 1 aromatic rings. The Morgan fingerprint density at radius 3 is 2.25 bits per heavy atom. The van der Waals surface area contributed by atoms with Crippen molar-refractivity contribution in [1.82, 2.24) is 0 Å². The van der Waals surface area contributed by atoms with Gasteiger partial charge in [-0.2, -0.15) is 0 Å². The van der Waals surface area contributed by atoms with Gasteiger partial charge in [0.05, 0.1) is 0 Å². The van der Waals surface area contributed by atoms with Crippen LogP contribution >= 0.6 is 15.9 Å². The molecule has 0 aliphatic rings. The van der Waals surface area contributed by atoms with E-state index in [4.69, 9.17) is 4.43 Å². The van der Waals surface area contributed by atoms with Gasteiger partial charge in [-0.3, -0.25) is 0 Å². The third-order valence-corrected chi connectivity index (χ3v) is 3.42. The molecule has 0 aliphatic carbocycles. The van der Waals surface area contributed by atoms with Gasteiger partial charge in [0.15, 0.2) is 11.5 Å². The molecule has 16 heavy (non-hydrogen) atoms. The van der Waals surface area contributed by atoms with Crippen molar-refractivity contribution in [3.05, 3.63) is 22.2 Å². The molecule has 0 heterocycles. The van der Waals surface area contributed by atoms with Crippen LogP contribution in [0, 0.1) is 0 Å². The second-order valence-corrected chi connectivity index (χ2v) is 7.91. The molecule has 0 aliphatic heterocycles.